The number of benzene rings is 1. The SMILES string of the molecule is CCCC1CCCN(S(=O)(=O)c2cccc(CO)c2)CC1. The fourth-order valence-corrected chi connectivity index (χ4v) is 4.59. The summed E-state index contributed by atoms with van der Waals surface area (Å²) in [5.41, 5.74) is 0.634. The van der Waals surface area contributed by atoms with Crippen molar-refractivity contribution in [1.29, 1.82) is 0 Å². The molecule has 118 valence electrons. The van der Waals surface area contributed by atoms with Crippen LogP contribution in [-0.2, 0) is 16.6 Å². The van der Waals surface area contributed by atoms with Crippen molar-refractivity contribution < 1.29 is 13.5 Å². The molecule has 21 heavy (non-hydrogen) atoms. The summed E-state index contributed by atoms with van der Waals surface area (Å²) in [7, 11) is -3.43. The fraction of sp³-hybridized carbons (Fsp3) is 0.625. The van der Waals surface area contributed by atoms with Gasteiger partial charge in [0.1, 0.15) is 0 Å². The Labute approximate surface area is 127 Å². The highest BCUT2D eigenvalue weighted by Gasteiger charge is 2.27. The van der Waals surface area contributed by atoms with Gasteiger partial charge in [0.25, 0.3) is 0 Å². The van der Waals surface area contributed by atoms with Crippen LogP contribution in [0.2, 0.25) is 0 Å². The monoisotopic (exact) mass is 311 g/mol. The van der Waals surface area contributed by atoms with Gasteiger partial charge in [-0.05, 0) is 42.9 Å². The van der Waals surface area contributed by atoms with Crippen LogP contribution in [0.5, 0.6) is 0 Å². The molecule has 0 spiro atoms. The molecule has 1 atom stereocenters. The van der Waals surface area contributed by atoms with E-state index in [1.54, 1.807) is 28.6 Å². The lowest BCUT2D eigenvalue weighted by atomic mass is 9.96. The van der Waals surface area contributed by atoms with Crippen LogP contribution in [0.15, 0.2) is 29.2 Å². The van der Waals surface area contributed by atoms with Crippen LogP contribution in [0.3, 0.4) is 0 Å². The molecule has 1 aliphatic heterocycles. The Kier molecular flexibility index (Phi) is 5.79. The first-order chi connectivity index (χ1) is 10.1. The molecule has 1 unspecified atom stereocenters. The zero-order chi connectivity index (χ0) is 15.3. The van der Waals surface area contributed by atoms with E-state index in [0.717, 1.165) is 25.7 Å². The maximum absolute atomic E-state index is 12.7. The third kappa shape index (κ3) is 4.05. The lowest BCUT2D eigenvalue weighted by Crippen LogP contribution is -2.32. The van der Waals surface area contributed by atoms with Gasteiger partial charge in [-0.15, -0.1) is 0 Å². The molecule has 0 amide bonds. The zero-order valence-electron chi connectivity index (χ0n) is 12.7. The third-order valence-electron chi connectivity index (χ3n) is 4.22. The van der Waals surface area contributed by atoms with E-state index in [4.69, 9.17) is 5.11 Å². The van der Waals surface area contributed by atoms with E-state index < -0.39 is 10.0 Å². The summed E-state index contributed by atoms with van der Waals surface area (Å²) in [6, 6.07) is 6.61. The van der Waals surface area contributed by atoms with E-state index in [9.17, 15) is 8.42 Å². The molecular formula is C16H25NO3S. The van der Waals surface area contributed by atoms with E-state index in [0.29, 0.717) is 29.5 Å². The van der Waals surface area contributed by atoms with Crippen molar-refractivity contribution in [1.82, 2.24) is 4.31 Å². The summed E-state index contributed by atoms with van der Waals surface area (Å²) in [6.45, 7) is 3.25. The molecular weight excluding hydrogens is 286 g/mol. The molecule has 1 aromatic rings. The molecule has 0 aliphatic carbocycles. The predicted molar refractivity (Wildman–Crippen MR) is 83.4 cm³/mol. The van der Waals surface area contributed by atoms with Crippen LogP contribution < -0.4 is 0 Å². The number of aliphatic hydroxyl groups is 1. The lowest BCUT2D eigenvalue weighted by Gasteiger charge is -2.20. The van der Waals surface area contributed by atoms with Crippen molar-refractivity contribution in [3.8, 4) is 0 Å². The Hall–Kier alpha value is -0.910. The Morgan fingerprint density at radius 3 is 2.81 bits per heavy atom. The summed E-state index contributed by atoms with van der Waals surface area (Å²) in [6.07, 6.45) is 5.36. The van der Waals surface area contributed by atoms with Crippen LogP contribution in [0.4, 0.5) is 0 Å². The lowest BCUT2D eigenvalue weighted by molar-refractivity contribution is 0.281. The summed E-state index contributed by atoms with van der Waals surface area (Å²) < 4.78 is 27.0. The molecule has 0 radical (unpaired) electrons. The standard InChI is InChI=1S/C16H25NO3S/c1-2-5-14-7-4-10-17(11-9-14)21(19,20)16-8-3-6-15(12-16)13-18/h3,6,8,12,14,18H,2,4-5,7,9-11,13H2,1H3. The van der Waals surface area contributed by atoms with Crippen LogP contribution in [0, 0.1) is 5.92 Å². The van der Waals surface area contributed by atoms with Gasteiger partial charge >= 0.3 is 0 Å². The number of hydrogen-bond donors (Lipinski definition) is 1. The van der Waals surface area contributed by atoms with E-state index in [-0.39, 0.29) is 6.61 Å². The van der Waals surface area contributed by atoms with Gasteiger partial charge in [-0.3, -0.25) is 0 Å². The maximum Gasteiger partial charge on any atom is 0.243 e. The Morgan fingerprint density at radius 2 is 2.10 bits per heavy atom. The molecule has 1 N–H and O–H groups in total. The molecule has 1 aliphatic rings. The molecule has 4 nitrogen and oxygen atoms in total. The number of rotatable bonds is 5. The minimum Gasteiger partial charge on any atom is -0.392 e. The van der Waals surface area contributed by atoms with E-state index in [2.05, 4.69) is 6.92 Å². The van der Waals surface area contributed by atoms with Crippen molar-refractivity contribution in [2.75, 3.05) is 13.1 Å². The minimum absolute atomic E-state index is 0.137. The van der Waals surface area contributed by atoms with Gasteiger partial charge < -0.3 is 5.11 Å². The topological polar surface area (TPSA) is 57.6 Å². The van der Waals surface area contributed by atoms with Gasteiger partial charge in [0.2, 0.25) is 10.0 Å². The molecule has 1 aromatic carbocycles. The predicted octanol–water partition coefficient (Wildman–Crippen LogP) is 2.77. The van der Waals surface area contributed by atoms with E-state index in [1.165, 1.54) is 6.42 Å². The zero-order valence-corrected chi connectivity index (χ0v) is 13.5. The van der Waals surface area contributed by atoms with Gasteiger partial charge in [-0.1, -0.05) is 31.9 Å². The number of nitrogens with zero attached hydrogens (tertiary/aromatic N) is 1. The normalized spacial score (nSPS) is 21.1. The second kappa shape index (κ2) is 7.38. The smallest absolute Gasteiger partial charge is 0.243 e. The maximum atomic E-state index is 12.7. The summed E-state index contributed by atoms with van der Waals surface area (Å²) >= 11 is 0. The van der Waals surface area contributed by atoms with Crippen molar-refractivity contribution in [3.63, 3.8) is 0 Å². The van der Waals surface area contributed by atoms with Crippen LogP contribution >= 0.6 is 0 Å². The highest BCUT2D eigenvalue weighted by Crippen LogP contribution is 2.26. The van der Waals surface area contributed by atoms with E-state index >= 15 is 0 Å². The fourth-order valence-electron chi connectivity index (χ4n) is 3.03. The molecule has 0 aromatic heterocycles. The average molecular weight is 311 g/mol. The van der Waals surface area contributed by atoms with Crippen LogP contribution in [0.1, 0.15) is 44.6 Å². The highest BCUT2D eigenvalue weighted by molar-refractivity contribution is 7.89. The Bertz CT molecular complexity index is 556. The van der Waals surface area contributed by atoms with Gasteiger partial charge in [-0.25, -0.2) is 8.42 Å². The summed E-state index contributed by atoms with van der Waals surface area (Å²) in [4.78, 5) is 0.294. The first-order valence-corrected chi connectivity index (χ1v) is 9.22. The molecule has 1 heterocycles. The van der Waals surface area contributed by atoms with Gasteiger partial charge in [0, 0.05) is 13.1 Å². The van der Waals surface area contributed by atoms with Crippen molar-refractivity contribution >= 4 is 10.0 Å². The second-order valence-electron chi connectivity index (χ2n) is 5.80. The van der Waals surface area contributed by atoms with Gasteiger partial charge in [0.15, 0.2) is 0 Å². The molecule has 1 fully saturated rings. The molecule has 5 heteroatoms. The highest BCUT2D eigenvalue weighted by atomic mass is 32.2. The Balaban J connectivity index is 2.15. The van der Waals surface area contributed by atoms with Crippen LogP contribution in [0.25, 0.3) is 0 Å². The quantitative estimate of drug-likeness (QED) is 0.909. The third-order valence-corrected chi connectivity index (χ3v) is 6.12. The van der Waals surface area contributed by atoms with Gasteiger partial charge in [0.05, 0.1) is 11.5 Å². The summed E-state index contributed by atoms with van der Waals surface area (Å²) in [5, 5.41) is 9.17. The van der Waals surface area contributed by atoms with Crippen molar-refractivity contribution in [3.05, 3.63) is 29.8 Å². The molecule has 0 bridgehead atoms. The Morgan fingerprint density at radius 1 is 1.29 bits per heavy atom. The molecule has 1 saturated heterocycles. The van der Waals surface area contributed by atoms with Crippen LogP contribution in [-0.4, -0.2) is 30.9 Å². The van der Waals surface area contributed by atoms with Gasteiger partial charge in [-0.2, -0.15) is 4.31 Å². The largest absolute Gasteiger partial charge is 0.392 e. The first kappa shape index (κ1) is 16.5. The molecule has 2 rings (SSSR count). The van der Waals surface area contributed by atoms with E-state index in [1.807, 2.05) is 0 Å². The van der Waals surface area contributed by atoms with Crippen molar-refractivity contribution in [2.45, 2.75) is 50.5 Å². The number of hydrogen-bond acceptors (Lipinski definition) is 3. The minimum atomic E-state index is -3.43. The first-order valence-electron chi connectivity index (χ1n) is 7.78. The average Bonchev–Trinajstić information content (AvgIpc) is 2.74. The summed E-state index contributed by atoms with van der Waals surface area (Å²) in [5.74, 6) is 0.652. The van der Waals surface area contributed by atoms with Crippen molar-refractivity contribution in [2.24, 2.45) is 5.92 Å². The number of aliphatic hydroxyl groups excluding tert-OH is 1. The molecule has 0 saturated carbocycles. The second-order valence-corrected chi connectivity index (χ2v) is 7.73. The number of sulfonamides is 1.